The Bertz CT molecular complexity index is 628. The molecule has 1 aliphatic rings. The minimum atomic E-state index is 0.243. The first kappa shape index (κ1) is 20.0. The van der Waals surface area contributed by atoms with Crippen molar-refractivity contribution in [2.45, 2.75) is 40.0 Å². The van der Waals surface area contributed by atoms with Crippen LogP contribution in [0, 0.1) is 0 Å². The molecule has 0 saturated carbocycles. The standard InChI is InChI=1S/C20H28BrNO3/c1-4-8-22-9-7-18(23)16(14-22)11-15-12-17(21)20(25-10-5-2)19(13-15)24-6-3/h11-13H,4-10,14H2,1-3H3/b16-11+. The molecule has 1 fully saturated rings. The van der Waals surface area contributed by atoms with Crippen molar-refractivity contribution in [1.82, 2.24) is 4.90 Å². The minimum Gasteiger partial charge on any atom is -0.490 e. The van der Waals surface area contributed by atoms with Crippen molar-refractivity contribution in [3.63, 3.8) is 0 Å². The zero-order chi connectivity index (χ0) is 18.2. The monoisotopic (exact) mass is 409 g/mol. The fraction of sp³-hybridized carbons (Fsp3) is 0.550. The number of hydrogen-bond acceptors (Lipinski definition) is 4. The predicted octanol–water partition coefficient (Wildman–Crippen LogP) is 4.70. The van der Waals surface area contributed by atoms with Crippen molar-refractivity contribution in [2.24, 2.45) is 0 Å². The highest BCUT2D eigenvalue weighted by Gasteiger charge is 2.21. The Balaban J connectivity index is 2.29. The Morgan fingerprint density at radius 1 is 1.20 bits per heavy atom. The minimum absolute atomic E-state index is 0.243. The Morgan fingerprint density at radius 2 is 2.00 bits per heavy atom. The van der Waals surface area contributed by atoms with Gasteiger partial charge in [-0.2, -0.15) is 0 Å². The maximum atomic E-state index is 12.3. The second-order valence-corrected chi connectivity index (χ2v) is 7.08. The molecule has 1 aromatic rings. The summed E-state index contributed by atoms with van der Waals surface area (Å²) >= 11 is 3.59. The summed E-state index contributed by atoms with van der Waals surface area (Å²) in [7, 11) is 0. The van der Waals surface area contributed by atoms with Gasteiger partial charge in [0.15, 0.2) is 17.3 Å². The summed E-state index contributed by atoms with van der Waals surface area (Å²) < 4.78 is 12.4. The molecule has 0 spiro atoms. The average Bonchev–Trinajstić information content (AvgIpc) is 2.58. The third-order valence-corrected chi connectivity index (χ3v) is 4.66. The number of ketones is 1. The van der Waals surface area contributed by atoms with Gasteiger partial charge in [0.05, 0.1) is 17.7 Å². The molecule has 138 valence electrons. The topological polar surface area (TPSA) is 38.8 Å². The SMILES string of the molecule is CCCOc1c(Br)cc(/C=C2\CN(CCC)CCC2=O)cc1OCC. The number of likely N-dealkylation sites (tertiary alicyclic amines) is 1. The highest BCUT2D eigenvalue weighted by Crippen LogP contribution is 2.37. The lowest BCUT2D eigenvalue weighted by Gasteiger charge is -2.27. The molecule has 0 unspecified atom stereocenters. The Labute approximate surface area is 159 Å². The number of ether oxygens (including phenoxy) is 2. The molecule has 4 nitrogen and oxygen atoms in total. The van der Waals surface area contributed by atoms with Gasteiger partial charge in [-0.1, -0.05) is 13.8 Å². The van der Waals surface area contributed by atoms with Crippen LogP contribution in [-0.2, 0) is 4.79 Å². The summed E-state index contributed by atoms with van der Waals surface area (Å²) in [6, 6.07) is 3.95. The van der Waals surface area contributed by atoms with E-state index in [1.54, 1.807) is 0 Å². The van der Waals surface area contributed by atoms with Gasteiger partial charge in [0, 0.05) is 25.1 Å². The molecule has 0 aliphatic carbocycles. The molecule has 5 heteroatoms. The van der Waals surface area contributed by atoms with Crippen molar-refractivity contribution in [3.05, 3.63) is 27.7 Å². The van der Waals surface area contributed by atoms with E-state index in [9.17, 15) is 4.79 Å². The molecular weight excluding hydrogens is 382 g/mol. The lowest BCUT2D eigenvalue weighted by Crippen LogP contribution is -2.36. The molecule has 2 rings (SSSR count). The Hall–Kier alpha value is -1.33. The van der Waals surface area contributed by atoms with Crippen molar-refractivity contribution in [3.8, 4) is 11.5 Å². The van der Waals surface area contributed by atoms with Gasteiger partial charge >= 0.3 is 0 Å². The van der Waals surface area contributed by atoms with E-state index in [0.717, 1.165) is 53.8 Å². The zero-order valence-corrected chi connectivity index (χ0v) is 17.0. The summed E-state index contributed by atoms with van der Waals surface area (Å²) in [5.41, 5.74) is 1.83. The van der Waals surface area contributed by atoms with Crippen molar-refractivity contribution < 1.29 is 14.3 Å². The third kappa shape index (κ3) is 5.58. The van der Waals surface area contributed by atoms with Gasteiger partial charge in [0.1, 0.15) is 0 Å². The van der Waals surface area contributed by atoms with Gasteiger partial charge in [-0.25, -0.2) is 0 Å². The van der Waals surface area contributed by atoms with Crippen LogP contribution in [-0.4, -0.2) is 43.5 Å². The number of carbonyl (C=O) groups excluding carboxylic acids is 1. The summed E-state index contributed by atoms with van der Waals surface area (Å²) in [6.07, 6.45) is 4.63. The van der Waals surface area contributed by atoms with E-state index in [2.05, 4.69) is 34.7 Å². The van der Waals surface area contributed by atoms with E-state index in [4.69, 9.17) is 9.47 Å². The fourth-order valence-electron chi connectivity index (χ4n) is 2.94. The molecule has 1 heterocycles. The lowest BCUT2D eigenvalue weighted by atomic mass is 10.00. The molecule has 0 bridgehead atoms. The second kappa shape index (κ2) is 9.97. The number of nitrogens with zero attached hydrogens (tertiary/aromatic N) is 1. The van der Waals surface area contributed by atoms with E-state index in [1.165, 1.54) is 0 Å². The van der Waals surface area contributed by atoms with Crippen molar-refractivity contribution in [2.75, 3.05) is 32.8 Å². The largest absolute Gasteiger partial charge is 0.490 e. The van der Waals surface area contributed by atoms with Gasteiger partial charge in [0.25, 0.3) is 0 Å². The number of benzene rings is 1. The van der Waals surface area contributed by atoms with Gasteiger partial charge in [0.2, 0.25) is 0 Å². The first-order chi connectivity index (χ1) is 12.1. The van der Waals surface area contributed by atoms with Crippen LogP contribution in [0.1, 0.15) is 45.6 Å². The maximum Gasteiger partial charge on any atom is 0.175 e. The molecule has 0 N–H and O–H groups in total. The summed E-state index contributed by atoms with van der Waals surface area (Å²) in [5.74, 6) is 1.69. The summed E-state index contributed by atoms with van der Waals surface area (Å²) in [6.45, 7) is 10.0. The normalized spacial score (nSPS) is 17.1. The van der Waals surface area contributed by atoms with Gasteiger partial charge in [-0.3, -0.25) is 9.69 Å². The number of piperidine rings is 1. The average molecular weight is 410 g/mol. The number of halogens is 1. The molecule has 0 aromatic heterocycles. The third-order valence-electron chi connectivity index (χ3n) is 4.07. The van der Waals surface area contributed by atoms with E-state index < -0.39 is 0 Å². The second-order valence-electron chi connectivity index (χ2n) is 6.23. The number of hydrogen-bond donors (Lipinski definition) is 0. The Kier molecular flexibility index (Phi) is 7.97. The van der Waals surface area contributed by atoms with Crippen LogP contribution in [0.3, 0.4) is 0 Å². The van der Waals surface area contributed by atoms with E-state index in [-0.39, 0.29) is 5.78 Å². The smallest absolute Gasteiger partial charge is 0.175 e. The van der Waals surface area contributed by atoms with E-state index >= 15 is 0 Å². The molecule has 0 atom stereocenters. The van der Waals surface area contributed by atoms with Gasteiger partial charge in [-0.05, 0) is 66.0 Å². The quantitative estimate of drug-likeness (QED) is 0.582. The highest BCUT2D eigenvalue weighted by molar-refractivity contribution is 9.10. The van der Waals surface area contributed by atoms with Crippen LogP contribution in [0.25, 0.3) is 6.08 Å². The van der Waals surface area contributed by atoms with Crippen LogP contribution in [0.15, 0.2) is 22.2 Å². The van der Waals surface area contributed by atoms with Crippen LogP contribution < -0.4 is 9.47 Å². The summed E-state index contributed by atoms with van der Waals surface area (Å²) in [5, 5.41) is 0. The van der Waals surface area contributed by atoms with Crippen molar-refractivity contribution in [1.29, 1.82) is 0 Å². The number of rotatable bonds is 8. The van der Waals surface area contributed by atoms with Gasteiger partial charge < -0.3 is 9.47 Å². The number of carbonyl (C=O) groups is 1. The zero-order valence-electron chi connectivity index (χ0n) is 15.4. The van der Waals surface area contributed by atoms with Crippen molar-refractivity contribution >= 4 is 27.8 Å². The van der Waals surface area contributed by atoms with E-state index in [0.29, 0.717) is 25.4 Å². The van der Waals surface area contributed by atoms with Crippen LogP contribution >= 0.6 is 15.9 Å². The highest BCUT2D eigenvalue weighted by atomic mass is 79.9. The molecule has 1 saturated heterocycles. The first-order valence-corrected chi connectivity index (χ1v) is 9.93. The van der Waals surface area contributed by atoms with Gasteiger partial charge in [-0.15, -0.1) is 0 Å². The first-order valence-electron chi connectivity index (χ1n) is 9.14. The molecular formula is C20H28BrNO3. The molecule has 1 aliphatic heterocycles. The molecule has 25 heavy (non-hydrogen) atoms. The molecule has 0 amide bonds. The fourth-order valence-corrected chi connectivity index (χ4v) is 3.52. The summed E-state index contributed by atoms with van der Waals surface area (Å²) in [4.78, 5) is 14.6. The van der Waals surface area contributed by atoms with Crippen LogP contribution in [0.5, 0.6) is 11.5 Å². The van der Waals surface area contributed by atoms with Crippen LogP contribution in [0.4, 0.5) is 0 Å². The Morgan fingerprint density at radius 3 is 2.68 bits per heavy atom. The maximum absolute atomic E-state index is 12.3. The lowest BCUT2D eigenvalue weighted by molar-refractivity contribution is -0.117. The molecule has 1 aromatic carbocycles. The predicted molar refractivity (Wildman–Crippen MR) is 105 cm³/mol. The number of Topliss-reactive ketones (excluding diaryl/α,β-unsaturated/α-hetero) is 1. The van der Waals surface area contributed by atoms with E-state index in [1.807, 2.05) is 25.1 Å². The molecule has 0 radical (unpaired) electrons. The van der Waals surface area contributed by atoms with Crippen LogP contribution in [0.2, 0.25) is 0 Å².